The number of aliphatic imine (C=N–C) groups is 3. The minimum atomic E-state index is 0.0846. The number of nitrogens with zero attached hydrogens (tertiary/aromatic N) is 12. The van der Waals surface area contributed by atoms with E-state index in [9.17, 15) is 0 Å². The highest BCUT2D eigenvalue weighted by atomic mass is 32.1. The normalized spacial score (nSPS) is 13.5. The molecule has 0 spiro atoms. The largest absolute Gasteiger partial charge is 0.449 e. The first-order valence-corrected chi connectivity index (χ1v) is 46.1. The lowest BCUT2D eigenvalue weighted by atomic mass is 9.84. The number of thiazole rings is 2. The van der Waals surface area contributed by atoms with Gasteiger partial charge in [-0.05, 0) is 157 Å². The van der Waals surface area contributed by atoms with Crippen molar-refractivity contribution in [2.75, 3.05) is 13.1 Å². The van der Waals surface area contributed by atoms with Crippen LogP contribution >= 0.6 is 45.7 Å². The molecule has 3 aliphatic rings. The summed E-state index contributed by atoms with van der Waals surface area (Å²) in [5, 5.41) is 21.2. The smallest absolute Gasteiger partial charge is 0.191 e. The van der Waals surface area contributed by atoms with E-state index in [2.05, 4.69) is 382 Å². The van der Waals surface area contributed by atoms with Crippen LogP contribution < -0.4 is 0 Å². The lowest BCUT2D eigenvalue weighted by Gasteiger charge is -2.20. The molecule has 0 saturated carbocycles. The number of oxazole rings is 2. The third-order valence-electron chi connectivity index (χ3n) is 18.4. The summed E-state index contributed by atoms with van der Waals surface area (Å²) in [6, 6.07) is 6.15. The molecule has 0 atom stereocenters. The van der Waals surface area contributed by atoms with Crippen molar-refractivity contribution in [3.8, 4) is 0 Å². The number of H-pyrrole nitrogens is 1. The van der Waals surface area contributed by atoms with Crippen LogP contribution in [-0.2, 0) is 48.7 Å². The number of rotatable bonds is 3. The Morgan fingerprint density at radius 2 is 1.04 bits per heavy atom. The molecule has 123 heavy (non-hydrogen) atoms. The van der Waals surface area contributed by atoms with Gasteiger partial charge in [0.05, 0.1) is 74.9 Å². The van der Waals surface area contributed by atoms with Crippen molar-refractivity contribution in [1.82, 2.24) is 49.2 Å². The van der Waals surface area contributed by atoms with Gasteiger partial charge in [-0.2, -0.15) is 13.8 Å². The average Bonchev–Trinajstić information content (AvgIpc) is 1.72. The second kappa shape index (κ2) is 47.5. The number of hydrogen-bond donors (Lipinski definition) is 1. The van der Waals surface area contributed by atoms with Gasteiger partial charge >= 0.3 is 0 Å². The zero-order valence-electron chi connectivity index (χ0n) is 85.0. The van der Waals surface area contributed by atoms with Gasteiger partial charge in [0.25, 0.3) is 0 Å². The second-order valence-corrected chi connectivity index (χ2v) is 47.2. The van der Waals surface area contributed by atoms with E-state index in [1.807, 2.05) is 78.9 Å². The number of aryl methyl sites for hydroxylation is 8. The number of aromatic nitrogens is 10. The summed E-state index contributed by atoms with van der Waals surface area (Å²) in [6.45, 7) is 109. The fraction of sp³-hybridized carbons (Fsp3) is 0.588. The molecule has 9 aromatic rings. The van der Waals surface area contributed by atoms with E-state index in [0.29, 0.717) is 5.41 Å². The van der Waals surface area contributed by atoms with E-state index in [0.717, 1.165) is 98.4 Å². The monoisotopic (exact) mass is 1760 g/mol. The molecule has 21 heteroatoms. The highest BCUT2D eigenvalue weighted by Crippen LogP contribution is 2.35. The highest BCUT2D eigenvalue weighted by Gasteiger charge is 2.27. The number of nitrogens with one attached hydrogen (secondary N) is 1. The molecule has 0 amide bonds. The van der Waals surface area contributed by atoms with Crippen LogP contribution in [0.2, 0.25) is 0 Å². The molecule has 9 aromatic heterocycles. The van der Waals surface area contributed by atoms with Crippen molar-refractivity contribution < 1.29 is 17.9 Å². The van der Waals surface area contributed by atoms with Gasteiger partial charge in [0.15, 0.2) is 11.8 Å². The Bertz CT molecular complexity index is 4400. The molecule has 12 rings (SSSR count). The van der Waals surface area contributed by atoms with Crippen LogP contribution in [0.4, 0.5) is 0 Å². The van der Waals surface area contributed by atoms with Gasteiger partial charge in [0.1, 0.15) is 24.0 Å². The number of hydrogen-bond acceptors (Lipinski definition) is 20. The van der Waals surface area contributed by atoms with Crippen LogP contribution in [0.25, 0.3) is 6.08 Å². The molecule has 0 aliphatic carbocycles. The first-order valence-electron chi connectivity index (χ1n) is 42.8. The second-order valence-electron chi connectivity index (χ2n) is 43.5. The minimum Gasteiger partial charge on any atom is -0.449 e. The molecule has 684 valence electrons. The Kier molecular flexibility index (Phi) is 43.7. The summed E-state index contributed by atoms with van der Waals surface area (Å²) in [5.41, 5.74) is 20.7. The standard InChI is InChI=1S/2C10H15N.C9H14N2.C9H15N.4C8H13NO.4C8H13NS/c1-5-9-8(6-7-11-9)10(2,3)4;1-5-8-6-7-9(11-8)10(2,3)4;1-5-7-6-8(11-10-7)9(2,3)4;1-7-5-8(6-10-7)9(2,3)4;1-6-9-7(5-10-6)8(2,3)4;1-6-9-5-7(10-6)8(2,3)4;1-6-7(5-10-9-6)8(2,3)4;1-6-5-7(10-9-6)8(2,3)4;1-6-9-7(5-10-6)8(2,3)4;1-6-9-5-7(10-6)8(2,3)4;1-6-7(5-10-9-6)8(2,3)4;1-6-5-7(10-9-6)8(2,3)4/h5-6H,1,7H2,2-4H3;5,7H,1,6H2,2-4H3;5-6H,1H2,2-4H3,(H,10,11);5H,6H2,1-4H3;8*5H,1-4H3. The van der Waals surface area contributed by atoms with Gasteiger partial charge in [-0.25, -0.2) is 19.9 Å². The predicted molar refractivity (Wildman–Crippen MR) is 535 cm³/mol. The van der Waals surface area contributed by atoms with E-state index < -0.39 is 0 Å². The van der Waals surface area contributed by atoms with Gasteiger partial charge in [-0.1, -0.05) is 291 Å². The molecule has 0 aromatic carbocycles. The van der Waals surface area contributed by atoms with Crippen LogP contribution in [0.15, 0.2) is 154 Å². The fourth-order valence-electron chi connectivity index (χ4n) is 10.5. The summed E-state index contributed by atoms with van der Waals surface area (Å²) in [5.74, 6) is 3.38. The fourth-order valence-corrected chi connectivity index (χ4v) is 13.9. The van der Waals surface area contributed by atoms with Crippen LogP contribution in [0.3, 0.4) is 0 Å². The Hall–Kier alpha value is -7.98. The SMILES string of the molecule is C=CC1=NC(C(C)(C)C)=CC1.C=CC1=NCC=C1C(C)(C)C.C=Cc1cc(C(C)(C)C)[nH]n1.CC1=NCC(C(C)(C)C)=C1.Cc1cc(C(C)(C)C)on1.Cc1cc(C(C)(C)C)sn1.Cc1nc(C(C)(C)C)co1.Cc1nc(C(C)(C)C)cs1.Cc1ncc(C(C)(C)C)o1.Cc1ncc(C(C)(C)C)s1.Cc1nocc1C(C)(C)C.Cc1nscc1C(C)(C)C. The van der Waals surface area contributed by atoms with Gasteiger partial charge in [0, 0.05) is 114 Å². The van der Waals surface area contributed by atoms with Crippen molar-refractivity contribution in [1.29, 1.82) is 0 Å². The van der Waals surface area contributed by atoms with Crippen molar-refractivity contribution in [2.24, 2.45) is 31.2 Å². The predicted octanol–water partition coefficient (Wildman–Crippen LogP) is 30.4. The quantitative estimate of drug-likeness (QED) is 0.174. The Morgan fingerprint density at radius 3 is 1.27 bits per heavy atom. The van der Waals surface area contributed by atoms with E-state index in [-0.39, 0.29) is 59.6 Å². The average molecular weight is 1760 g/mol. The Labute approximate surface area is 762 Å². The third-order valence-corrected chi connectivity index (χ3v) is 22.6. The molecule has 0 fully saturated rings. The maximum absolute atomic E-state index is 5.34. The molecule has 12 heterocycles. The molecule has 0 saturated heterocycles. The van der Waals surface area contributed by atoms with Crippen molar-refractivity contribution in [3.05, 3.63) is 221 Å². The van der Waals surface area contributed by atoms with Crippen molar-refractivity contribution in [3.63, 3.8) is 0 Å². The molecular weight excluding hydrogens is 1600 g/mol. The topological polar surface area (TPSA) is 221 Å². The lowest BCUT2D eigenvalue weighted by Crippen LogP contribution is -2.14. The summed E-state index contributed by atoms with van der Waals surface area (Å²) in [4.78, 5) is 32.6. The van der Waals surface area contributed by atoms with E-state index in [4.69, 9.17) is 17.9 Å². The first-order chi connectivity index (χ1) is 55.7. The first kappa shape index (κ1) is 113. The molecular formula is C102H163N13O4S4. The molecule has 0 bridgehead atoms. The number of aromatic amines is 1. The lowest BCUT2D eigenvalue weighted by molar-refractivity contribution is 0.327. The molecule has 0 radical (unpaired) electrons. The summed E-state index contributed by atoms with van der Waals surface area (Å²) in [6.07, 6.45) is 20.1. The zero-order chi connectivity index (χ0) is 95.4. The summed E-state index contributed by atoms with van der Waals surface area (Å²) < 4.78 is 28.8. The maximum atomic E-state index is 5.34. The Balaban J connectivity index is 0.000000671. The van der Waals surface area contributed by atoms with Crippen molar-refractivity contribution >= 4 is 68.9 Å². The van der Waals surface area contributed by atoms with Crippen LogP contribution in [0, 0.1) is 71.6 Å². The minimum absolute atomic E-state index is 0.0846. The van der Waals surface area contributed by atoms with Crippen LogP contribution in [-0.4, -0.2) is 79.4 Å². The van der Waals surface area contributed by atoms with Gasteiger partial charge < -0.3 is 17.9 Å². The van der Waals surface area contributed by atoms with Gasteiger partial charge in [-0.15, -0.1) is 22.7 Å². The maximum Gasteiger partial charge on any atom is 0.191 e. The summed E-state index contributed by atoms with van der Waals surface area (Å²) in [7, 11) is 0. The highest BCUT2D eigenvalue weighted by molar-refractivity contribution is 7.11. The van der Waals surface area contributed by atoms with E-state index in [1.54, 1.807) is 70.5 Å². The van der Waals surface area contributed by atoms with Gasteiger partial charge in [-0.3, -0.25) is 20.1 Å². The van der Waals surface area contributed by atoms with Gasteiger partial charge in [0.2, 0.25) is 0 Å². The summed E-state index contributed by atoms with van der Waals surface area (Å²) >= 11 is 6.65. The molecule has 0 unspecified atom stereocenters. The molecule has 17 nitrogen and oxygen atoms in total. The van der Waals surface area contributed by atoms with Crippen LogP contribution in [0.5, 0.6) is 0 Å². The molecule has 1 N–H and O–H groups in total. The van der Waals surface area contributed by atoms with E-state index >= 15 is 0 Å². The Morgan fingerprint density at radius 1 is 0.463 bits per heavy atom. The molecule has 3 aliphatic heterocycles. The zero-order valence-corrected chi connectivity index (χ0v) is 88.3. The van der Waals surface area contributed by atoms with Crippen LogP contribution in [0.1, 0.15) is 362 Å². The van der Waals surface area contributed by atoms with Crippen molar-refractivity contribution in [2.45, 2.75) is 367 Å². The third kappa shape index (κ3) is 43.7. The number of allylic oxidation sites excluding steroid dienone is 6. The van der Waals surface area contributed by atoms with E-state index in [1.165, 1.54) is 54.8 Å².